The van der Waals surface area contributed by atoms with Crippen molar-refractivity contribution < 1.29 is 0 Å². The zero-order chi connectivity index (χ0) is 13.2. The lowest BCUT2D eigenvalue weighted by Gasteiger charge is -2.40. The Labute approximate surface area is 114 Å². The van der Waals surface area contributed by atoms with Gasteiger partial charge in [-0.25, -0.2) is 0 Å². The first-order chi connectivity index (χ1) is 8.47. The molecule has 1 saturated carbocycles. The van der Waals surface area contributed by atoms with Crippen LogP contribution in [0.3, 0.4) is 0 Å². The summed E-state index contributed by atoms with van der Waals surface area (Å²) in [6, 6.07) is 1.60. The first-order valence-corrected chi connectivity index (χ1v) is 7.90. The Morgan fingerprint density at radius 1 is 1.06 bits per heavy atom. The highest BCUT2D eigenvalue weighted by Gasteiger charge is 2.31. The Kier molecular flexibility index (Phi) is 4.71. The van der Waals surface area contributed by atoms with Gasteiger partial charge in [0.25, 0.3) is 0 Å². The van der Waals surface area contributed by atoms with Gasteiger partial charge < -0.3 is 10.2 Å². The maximum atomic E-state index is 3.62. The number of likely N-dealkylation sites (N-methyl/N-ethyl adjacent to an activating group) is 1. The smallest absolute Gasteiger partial charge is 0.0195 e. The van der Waals surface area contributed by atoms with Gasteiger partial charge in [-0.05, 0) is 63.5 Å². The molecule has 106 valence electrons. The summed E-state index contributed by atoms with van der Waals surface area (Å²) < 4.78 is 0. The van der Waals surface area contributed by atoms with Crippen molar-refractivity contribution in [3.05, 3.63) is 0 Å². The van der Waals surface area contributed by atoms with Gasteiger partial charge in [-0.3, -0.25) is 0 Å². The molecule has 1 unspecified atom stereocenters. The van der Waals surface area contributed by atoms with Gasteiger partial charge in [0.05, 0.1) is 0 Å². The Hall–Kier alpha value is -0.0800. The maximum absolute atomic E-state index is 3.62. The van der Waals surface area contributed by atoms with Gasteiger partial charge in [0.1, 0.15) is 0 Å². The van der Waals surface area contributed by atoms with Crippen molar-refractivity contribution in [1.29, 1.82) is 0 Å². The molecule has 2 aliphatic rings. The van der Waals surface area contributed by atoms with Crippen LogP contribution in [-0.4, -0.2) is 37.1 Å². The fourth-order valence-corrected chi connectivity index (χ4v) is 3.79. The summed E-state index contributed by atoms with van der Waals surface area (Å²) >= 11 is 0. The van der Waals surface area contributed by atoms with Crippen LogP contribution in [-0.2, 0) is 0 Å². The Morgan fingerprint density at radius 2 is 1.72 bits per heavy atom. The highest BCUT2D eigenvalue weighted by molar-refractivity contribution is 4.86. The van der Waals surface area contributed by atoms with Crippen molar-refractivity contribution >= 4 is 0 Å². The van der Waals surface area contributed by atoms with Crippen molar-refractivity contribution in [1.82, 2.24) is 10.2 Å². The van der Waals surface area contributed by atoms with Crippen LogP contribution in [0.4, 0.5) is 0 Å². The molecule has 0 radical (unpaired) electrons. The summed E-state index contributed by atoms with van der Waals surface area (Å²) in [6.07, 6.45) is 8.42. The first-order valence-electron chi connectivity index (χ1n) is 7.90. The number of nitrogens with one attached hydrogen (secondary N) is 1. The molecule has 1 atom stereocenters. The van der Waals surface area contributed by atoms with E-state index in [9.17, 15) is 0 Å². The quantitative estimate of drug-likeness (QED) is 0.829. The summed E-state index contributed by atoms with van der Waals surface area (Å²) in [5.74, 6) is 0.937. The van der Waals surface area contributed by atoms with E-state index in [0.717, 1.165) is 18.0 Å². The molecular weight excluding hydrogens is 220 g/mol. The van der Waals surface area contributed by atoms with Crippen LogP contribution in [0.2, 0.25) is 0 Å². The van der Waals surface area contributed by atoms with E-state index in [1.54, 1.807) is 0 Å². The van der Waals surface area contributed by atoms with E-state index < -0.39 is 0 Å². The monoisotopic (exact) mass is 252 g/mol. The molecule has 2 rings (SSSR count). The van der Waals surface area contributed by atoms with Crippen LogP contribution in [0.1, 0.15) is 59.3 Å². The molecule has 2 fully saturated rings. The largest absolute Gasteiger partial charge is 0.313 e. The summed E-state index contributed by atoms with van der Waals surface area (Å²) in [5, 5.41) is 3.62. The van der Waals surface area contributed by atoms with E-state index in [4.69, 9.17) is 0 Å². The summed E-state index contributed by atoms with van der Waals surface area (Å²) in [7, 11) is 2.34. The average Bonchev–Trinajstić information content (AvgIpc) is 2.81. The zero-order valence-electron chi connectivity index (χ0n) is 12.8. The SMILES string of the molecule is CN(CC1CCCN1)C1CCC(C(C)(C)C)CC1. The van der Waals surface area contributed by atoms with Crippen molar-refractivity contribution in [2.24, 2.45) is 11.3 Å². The highest BCUT2D eigenvalue weighted by Crippen LogP contribution is 2.38. The zero-order valence-corrected chi connectivity index (χ0v) is 12.8. The predicted octanol–water partition coefficient (Wildman–Crippen LogP) is 3.28. The van der Waals surface area contributed by atoms with Crippen LogP contribution in [0.5, 0.6) is 0 Å². The summed E-state index contributed by atoms with van der Waals surface area (Å²) in [4.78, 5) is 2.63. The number of nitrogens with zero attached hydrogens (tertiary/aromatic N) is 1. The third kappa shape index (κ3) is 3.71. The van der Waals surface area contributed by atoms with Gasteiger partial charge in [-0.2, -0.15) is 0 Å². The van der Waals surface area contributed by atoms with Gasteiger partial charge in [0, 0.05) is 18.6 Å². The third-order valence-corrected chi connectivity index (χ3v) is 5.22. The second-order valence-electron chi connectivity index (χ2n) is 7.60. The molecule has 1 saturated heterocycles. The van der Waals surface area contributed by atoms with Crippen LogP contribution < -0.4 is 5.32 Å². The minimum absolute atomic E-state index is 0.510. The van der Waals surface area contributed by atoms with Gasteiger partial charge in [-0.15, -0.1) is 0 Å². The Bertz CT molecular complexity index is 242. The van der Waals surface area contributed by atoms with E-state index in [2.05, 4.69) is 38.0 Å². The molecule has 1 aliphatic heterocycles. The second kappa shape index (κ2) is 5.92. The standard InChI is InChI=1S/C16H32N2/c1-16(2,3)13-7-9-15(10-8-13)18(4)12-14-6-5-11-17-14/h13-15,17H,5-12H2,1-4H3. The number of rotatable bonds is 3. The molecular formula is C16H32N2. The Morgan fingerprint density at radius 3 is 2.22 bits per heavy atom. The van der Waals surface area contributed by atoms with Gasteiger partial charge >= 0.3 is 0 Å². The molecule has 0 bridgehead atoms. The normalized spacial score (nSPS) is 34.2. The molecule has 0 aromatic heterocycles. The van der Waals surface area contributed by atoms with Crippen LogP contribution in [0, 0.1) is 11.3 Å². The van der Waals surface area contributed by atoms with E-state index in [1.807, 2.05) is 0 Å². The van der Waals surface area contributed by atoms with Crippen molar-refractivity contribution in [2.75, 3.05) is 20.1 Å². The minimum atomic E-state index is 0.510. The topological polar surface area (TPSA) is 15.3 Å². The van der Waals surface area contributed by atoms with E-state index in [-0.39, 0.29) is 0 Å². The number of hydrogen-bond acceptors (Lipinski definition) is 2. The van der Waals surface area contributed by atoms with E-state index in [1.165, 1.54) is 51.6 Å². The molecule has 18 heavy (non-hydrogen) atoms. The van der Waals surface area contributed by atoms with Gasteiger partial charge in [0.2, 0.25) is 0 Å². The molecule has 0 aromatic carbocycles. The van der Waals surface area contributed by atoms with Gasteiger partial charge in [-0.1, -0.05) is 20.8 Å². The highest BCUT2D eigenvalue weighted by atomic mass is 15.2. The molecule has 0 spiro atoms. The molecule has 2 heteroatoms. The van der Waals surface area contributed by atoms with Gasteiger partial charge in [0.15, 0.2) is 0 Å². The maximum Gasteiger partial charge on any atom is 0.0195 e. The molecule has 1 N–H and O–H groups in total. The molecule has 0 aromatic rings. The molecule has 1 aliphatic carbocycles. The Balaban J connectivity index is 1.74. The summed E-state index contributed by atoms with van der Waals surface area (Å²) in [6.45, 7) is 9.71. The lowest BCUT2D eigenvalue weighted by molar-refractivity contribution is 0.106. The lowest BCUT2D eigenvalue weighted by Crippen LogP contribution is -2.43. The van der Waals surface area contributed by atoms with Crippen molar-refractivity contribution in [3.8, 4) is 0 Å². The third-order valence-electron chi connectivity index (χ3n) is 5.22. The second-order valence-corrected chi connectivity index (χ2v) is 7.60. The average molecular weight is 252 g/mol. The van der Waals surface area contributed by atoms with Crippen molar-refractivity contribution in [3.63, 3.8) is 0 Å². The summed E-state index contributed by atoms with van der Waals surface area (Å²) in [5.41, 5.74) is 0.510. The minimum Gasteiger partial charge on any atom is -0.313 e. The first kappa shape index (κ1) is 14.3. The molecule has 1 heterocycles. The number of hydrogen-bond donors (Lipinski definition) is 1. The van der Waals surface area contributed by atoms with Crippen LogP contribution >= 0.6 is 0 Å². The fraction of sp³-hybridized carbons (Fsp3) is 1.00. The van der Waals surface area contributed by atoms with Crippen molar-refractivity contribution in [2.45, 2.75) is 71.4 Å². The van der Waals surface area contributed by atoms with E-state index >= 15 is 0 Å². The molecule has 0 amide bonds. The molecule has 2 nitrogen and oxygen atoms in total. The van der Waals surface area contributed by atoms with Crippen LogP contribution in [0.15, 0.2) is 0 Å². The predicted molar refractivity (Wildman–Crippen MR) is 78.9 cm³/mol. The lowest BCUT2D eigenvalue weighted by atomic mass is 9.71. The van der Waals surface area contributed by atoms with Crippen LogP contribution in [0.25, 0.3) is 0 Å². The fourth-order valence-electron chi connectivity index (χ4n) is 3.79. The van der Waals surface area contributed by atoms with E-state index in [0.29, 0.717) is 5.41 Å².